The summed E-state index contributed by atoms with van der Waals surface area (Å²) in [5, 5.41) is 49.1. The van der Waals surface area contributed by atoms with E-state index in [4.69, 9.17) is 4.74 Å². The first kappa shape index (κ1) is 25.8. The fraction of sp³-hybridized carbons (Fsp3) is 0.375. The molecule has 0 amide bonds. The molecule has 2 heterocycles. The molecule has 1 aliphatic rings. The lowest BCUT2D eigenvalue weighted by molar-refractivity contribution is -0.222. The van der Waals surface area contributed by atoms with Gasteiger partial charge < -0.3 is 25.2 Å². The molecule has 2 aromatic carbocycles. The van der Waals surface area contributed by atoms with Crippen LogP contribution in [0.3, 0.4) is 0 Å². The van der Waals surface area contributed by atoms with E-state index in [1.807, 2.05) is 30.3 Å². The third kappa shape index (κ3) is 5.12. The number of aryl methyl sites for hydroxylation is 1. The number of hydrogen-bond donors (Lipinski definition) is 4. The lowest BCUT2D eigenvalue weighted by Gasteiger charge is -2.44. The second kappa shape index (κ2) is 10.7. The summed E-state index contributed by atoms with van der Waals surface area (Å²) in [6.07, 6.45) is -4.08. The zero-order valence-electron chi connectivity index (χ0n) is 18.8. The number of carboxylic acids is 1. The van der Waals surface area contributed by atoms with Gasteiger partial charge in [-0.25, -0.2) is 17.9 Å². The largest absolute Gasteiger partial charge is 0.481 e. The molecule has 6 atom stereocenters. The molecule has 1 aromatic heterocycles. The molecule has 1 aliphatic heterocycles. The van der Waals surface area contributed by atoms with Gasteiger partial charge in [0, 0.05) is 5.56 Å². The molecule has 3 aromatic rings. The number of carboxylic acid groups (broad SMARTS) is 1. The van der Waals surface area contributed by atoms with Crippen molar-refractivity contribution in [2.24, 2.45) is 5.92 Å². The summed E-state index contributed by atoms with van der Waals surface area (Å²) >= 11 is 0. The average Bonchev–Trinajstić information content (AvgIpc) is 3.34. The standard InChI is InChI=1S/C24H24F3N3O6/c25-15-8-13(9-16(26)19(15)27)17-10-30(29-28-17)20-21(32)18(11-31)36-23(22(20)33)14(24(34)35)7-6-12-4-2-1-3-5-12/h1-5,8-10,14,18,20-23,31-33H,6-7,11H2,(H,34,35)/t14?,18?,20?,21-,22?,23?/m0/s1. The molecule has 0 aliphatic carbocycles. The van der Waals surface area contributed by atoms with E-state index in [0.717, 1.165) is 10.2 Å². The Morgan fingerprint density at radius 3 is 2.36 bits per heavy atom. The Morgan fingerprint density at radius 2 is 1.75 bits per heavy atom. The predicted octanol–water partition coefficient (Wildman–Crippen LogP) is 1.72. The topological polar surface area (TPSA) is 138 Å². The van der Waals surface area contributed by atoms with Gasteiger partial charge in [-0.2, -0.15) is 0 Å². The monoisotopic (exact) mass is 507 g/mol. The molecule has 5 unspecified atom stereocenters. The van der Waals surface area contributed by atoms with Crippen LogP contribution in [0.25, 0.3) is 11.3 Å². The number of aliphatic carboxylic acids is 1. The van der Waals surface area contributed by atoms with Crippen molar-refractivity contribution in [2.45, 2.75) is 43.3 Å². The third-order valence-corrected chi connectivity index (χ3v) is 6.33. The molecule has 0 radical (unpaired) electrons. The molecule has 9 nitrogen and oxygen atoms in total. The Balaban J connectivity index is 1.62. The summed E-state index contributed by atoms with van der Waals surface area (Å²) < 4.78 is 47.3. The van der Waals surface area contributed by atoms with E-state index in [1.54, 1.807) is 0 Å². The minimum Gasteiger partial charge on any atom is -0.481 e. The summed E-state index contributed by atoms with van der Waals surface area (Å²) in [5.74, 6) is -6.96. The summed E-state index contributed by atoms with van der Waals surface area (Å²) in [5.41, 5.74) is 0.647. The van der Waals surface area contributed by atoms with Crippen LogP contribution in [0, 0.1) is 23.4 Å². The molecule has 1 saturated heterocycles. The predicted molar refractivity (Wildman–Crippen MR) is 118 cm³/mol. The fourth-order valence-electron chi connectivity index (χ4n) is 4.43. The van der Waals surface area contributed by atoms with E-state index < -0.39 is 66.4 Å². The summed E-state index contributed by atoms with van der Waals surface area (Å²) in [6, 6.07) is 9.23. The quantitative estimate of drug-likeness (QED) is 0.338. The van der Waals surface area contributed by atoms with Gasteiger partial charge in [0.05, 0.1) is 24.8 Å². The molecule has 1 fully saturated rings. The minimum atomic E-state index is -1.65. The molecular weight excluding hydrogens is 483 g/mol. The normalized spacial score (nSPS) is 25.0. The molecule has 36 heavy (non-hydrogen) atoms. The molecule has 4 rings (SSSR count). The van der Waals surface area contributed by atoms with Gasteiger partial charge in [0.1, 0.15) is 30.0 Å². The number of hydrogen-bond acceptors (Lipinski definition) is 7. The second-order valence-corrected chi connectivity index (χ2v) is 8.60. The number of aliphatic hydroxyl groups excluding tert-OH is 3. The van der Waals surface area contributed by atoms with Crippen molar-refractivity contribution in [1.82, 2.24) is 15.0 Å². The maximum atomic E-state index is 13.7. The number of ether oxygens (including phenoxy) is 1. The van der Waals surface area contributed by atoms with Crippen molar-refractivity contribution < 1.29 is 43.1 Å². The Bertz CT molecular complexity index is 1190. The average molecular weight is 507 g/mol. The molecule has 0 bridgehead atoms. The van der Waals surface area contributed by atoms with Crippen LogP contribution in [0.15, 0.2) is 48.7 Å². The van der Waals surface area contributed by atoms with Crippen molar-refractivity contribution in [3.8, 4) is 11.3 Å². The number of carbonyl (C=O) groups is 1. The molecular formula is C24H24F3N3O6. The van der Waals surface area contributed by atoms with Crippen molar-refractivity contribution in [2.75, 3.05) is 6.61 Å². The van der Waals surface area contributed by atoms with E-state index >= 15 is 0 Å². The van der Waals surface area contributed by atoms with Gasteiger partial charge in [-0.15, -0.1) is 5.10 Å². The van der Waals surface area contributed by atoms with Crippen LogP contribution in [0.4, 0.5) is 13.2 Å². The molecule has 4 N–H and O–H groups in total. The SMILES string of the molecule is O=C(O)C(CCc1ccccc1)C1OC(CO)[C@H](O)C(n2cc(-c3cc(F)c(F)c(F)c3)nn2)C1O. The highest BCUT2D eigenvalue weighted by molar-refractivity contribution is 5.71. The van der Waals surface area contributed by atoms with Gasteiger partial charge >= 0.3 is 5.97 Å². The first-order valence-corrected chi connectivity index (χ1v) is 11.2. The van der Waals surface area contributed by atoms with E-state index in [1.165, 1.54) is 6.20 Å². The third-order valence-electron chi connectivity index (χ3n) is 6.33. The van der Waals surface area contributed by atoms with Crippen LogP contribution >= 0.6 is 0 Å². The van der Waals surface area contributed by atoms with Gasteiger partial charge in [0.2, 0.25) is 0 Å². The number of benzene rings is 2. The van der Waals surface area contributed by atoms with Gasteiger partial charge in [-0.1, -0.05) is 35.5 Å². The lowest BCUT2D eigenvalue weighted by atomic mass is 9.83. The zero-order chi connectivity index (χ0) is 26.0. The highest BCUT2D eigenvalue weighted by Gasteiger charge is 2.50. The van der Waals surface area contributed by atoms with E-state index in [-0.39, 0.29) is 17.7 Å². The van der Waals surface area contributed by atoms with E-state index in [0.29, 0.717) is 18.6 Å². The smallest absolute Gasteiger partial charge is 0.309 e. The molecule has 0 saturated carbocycles. The minimum absolute atomic E-state index is 0.0883. The maximum absolute atomic E-state index is 13.7. The Morgan fingerprint density at radius 1 is 1.08 bits per heavy atom. The first-order chi connectivity index (χ1) is 17.2. The van der Waals surface area contributed by atoms with Crippen molar-refractivity contribution in [1.29, 1.82) is 0 Å². The number of nitrogens with zero attached hydrogens (tertiary/aromatic N) is 3. The number of halogens is 3. The summed E-state index contributed by atoms with van der Waals surface area (Å²) in [4.78, 5) is 12.1. The van der Waals surface area contributed by atoms with E-state index in [9.17, 15) is 38.4 Å². The number of aliphatic hydroxyl groups is 3. The summed E-state index contributed by atoms with van der Waals surface area (Å²) in [7, 11) is 0. The van der Waals surface area contributed by atoms with Gasteiger partial charge in [-0.05, 0) is 30.5 Å². The van der Waals surface area contributed by atoms with Gasteiger partial charge in [-0.3, -0.25) is 4.79 Å². The van der Waals surface area contributed by atoms with E-state index in [2.05, 4.69) is 10.3 Å². The van der Waals surface area contributed by atoms with Crippen LogP contribution < -0.4 is 0 Å². The first-order valence-electron chi connectivity index (χ1n) is 11.2. The van der Waals surface area contributed by atoms with Crippen molar-refractivity contribution in [3.05, 3.63) is 71.7 Å². The van der Waals surface area contributed by atoms with Crippen molar-refractivity contribution in [3.63, 3.8) is 0 Å². The number of aromatic nitrogens is 3. The van der Waals surface area contributed by atoms with Crippen LogP contribution in [-0.4, -0.2) is 72.4 Å². The van der Waals surface area contributed by atoms with Crippen LogP contribution in [0.2, 0.25) is 0 Å². The molecule has 192 valence electrons. The van der Waals surface area contributed by atoms with Crippen molar-refractivity contribution >= 4 is 5.97 Å². The van der Waals surface area contributed by atoms with Gasteiger partial charge in [0.15, 0.2) is 17.5 Å². The van der Waals surface area contributed by atoms with Gasteiger partial charge in [0.25, 0.3) is 0 Å². The Kier molecular flexibility index (Phi) is 7.69. The maximum Gasteiger partial charge on any atom is 0.309 e. The Labute approximate surface area is 203 Å². The highest BCUT2D eigenvalue weighted by atomic mass is 19.2. The zero-order valence-corrected chi connectivity index (χ0v) is 18.8. The fourth-order valence-corrected chi connectivity index (χ4v) is 4.43. The van der Waals surface area contributed by atoms with Crippen LogP contribution in [-0.2, 0) is 16.0 Å². The van der Waals surface area contributed by atoms with Crippen LogP contribution in [0.5, 0.6) is 0 Å². The highest BCUT2D eigenvalue weighted by Crippen LogP contribution is 2.35. The molecule has 0 spiro atoms. The summed E-state index contributed by atoms with van der Waals surface area (Å²) in [6.45, 7) is -0.679. The Hall–Kier alpha value is -3.32. The lowest BCUT2D eigenvalue weighted by Crippen LogP contribution is -2.59. The number of rotatable bonds is 8. The molecule has 12 heteroatoms. The second-order valence-electron chi connectivity index (χ2n) is 8.60. The van der Waals surface area contributed by atoms with Crippen LogP contribution in [0.1, 0.15) is 18.0 Å².